The van der Waals surface area contributed by atoms with Gasteiger partial charge in [-0.25, -0.2) is 4.98 Å². The summed E-state index contributed by atoms with van der Waals surface area (Å²) in [4.78, 5) is 22.3. The molecular weight excluding hydrogens is 377 g/mol. The number of fused-ring (bicyclic) bond motifs is 1. The van der Waals surface area contributed by atoms with Gasteiger partial charge in [0.15, 0.2) is 5.69 Å². The molecule has 5 atom stereocenters. The van der Waals surface area contributed by atoms with Crippen molar-refractivity contribution in [3.63, 3.8) is 0 Å². The van der Waals surface area contributed by atoms with Crippen molar-refractivity contribution < 1.29 is 28.2 Å². The quantitative estimate of drug-likeness (QED) is 0.783. The number of β-amino-alcohol motifs (C(OH)–C–C–N with tert-alkyl or cyclic N) is 1. The molecule has 10 heteroatoms. The lowest BCUT2D eigenvalue weighted by atomic mass is 10.0. The normalized spacial score (nSPS) is 31.4. The molecule has 0 spiro atoms. The van der Waals surface area contributed by atoms with Crippen molar-refractivity contribution >= 4 is 23.8 Å². The fraction of sp³-hybridized carbons (Fsp3) is 0.611. The number of aliphatic hydroxyl groups excluding tert-OH is 1. The number of hydrogen-bond donors (Lipinski definition) is 2. The van der Waals surface area contributed by atoms with Crippen molar-refractivity contribution in [3.8, 4) is 0 Å². The average molecular weight is 398 g/mol. The highest BCUT2D eigenvalue weighted by molar-refractivity contribution is 5.70. The Balaban J connectivity index is 1.67. The molecule has 0 amide bonds. The predicted molar refractivity (Wildman–Crippen MR) is 94.9 cm³/mol. The first-order chi connectivity index (χ1) is 13.1. The van der Waals surface area contributed by atoms with E-state index in [0.717, 1.165) is 6.08 Å². The molecule has 28 heavy (non-hydrogen) atoms. The molecule has 1 unspecified atom stereocenters. The molecule has 0 aromatic carbocycles. The number of carboxylic acid groups (broad SMARTS) is 1. The van der Waals surface area contributed by atoms with Crippen LogP contribution in [0.1, 0.15) is 24.6 Å². The summed E-state index contributed by atoms with van der Waals surface area (Å²) in [5.74, 6) is -0.352. The number of carbonyl (C=O) groups is 1. The van der Waals surface area contributed by atoms with Crippen molar-refractivity contribution in [2.75, 3.05) is 29.4 Å². The Kier molecular flexibility index (Phi) is 4.29. The van der Waals surface area contributed by atoms with E-state index in [9.17, 15) is 23.1 Å². The average Bonchev–Trinajstić information content (AvgIpc) is 3.05. The van der Waals surface area contributed by atoms with E-state index in [0.29, 0.717) is 13.1 Å². The molecule has 2 N–H and O–H groups in total. The first kappa shape index (κ1) is 19.0. The number of alkyl halides is 3. The summed E-state index contributed by atoms with van der Waals surface area (Å²) in [5.41, 5.74) is -1.21. The molecule has 2 saturated heterocycles. The van der Waals surface area contributed by atoms with E-state index in [-0.39, 0.29) is 54.1 Å². The number of rotatable bonds is 5. The zero-order chi connectivity index (χ0) is 20.4. The Labute approximate surface area is 159 Å². The van der Waals surface area contributed by atoms with Crippen molar-refractivity contribution in [2.45, 2.75) is 31.7 Å². The van der Waals surface area contributed by atoms with E-state index in [1.165, 1.54) is 0 Å². The summed E-state index contributed by atoms with van der Waals surface area (Å²) >= 11 is 0. The number of halogens is 3. The van der Waals surface area contributed by atoms with Crippen LogP contribution < -0.4 is 9.80 Å². The number of nitrogens with zero attached hydrogens (tertiary/aromatic N) is 4. The summed E-state index contributed by atoms with van der Waals surface area (Å²) in [5, 5.41) is 18.7. The van der Waals surface area contributed by atoms with Gasteiger partial charge in [-0.15, -0.1) is 0 Å². The van der Waals surface area contributed by atoms with Gasteiger partial charge < -0.3 is 20.0 Å². The molecule has 3 heterocycles. The molecule has 7 nitrogen and oxygen atoms in total. The number of hydrogen-bond acceptors (Lipinski definition) is 6. The minimum atomic E-state index is -4.67. The van der Waals surface area contributed by atoms with Gasteiger partial charge in [-0.3, -0.25) is 4.79 Å². The Morgan fingerprint density at radius 1 is 1.29 bits per heavy atom. The topological polar surface area (TPSA) is 89.8 Å². The minimum absolute atomic E-state index is 0.0617. The summed E-state index contributed by atoms with van der Waals surface area (Å²) in [7, 11) is 0. The van der Waals surface area contributed by atoms with Crippen molar-refractivity contribution in [2.24, 2.45) is 17.8 Å². The van der Waals surface area contributed by atoms with Gasteiger partial charge in [0.25, 0.3) is 0 Å². The molecule has 152 valence electrons. The molecule has 1 saturated carbocycles. The fourth-order valence-electron chi connectivity index (χ4n) is 4.40. The van der Waals surface area contributed by atoms with Crippen molar-refractivity contribution in [1.29, 1.82) is 0 Å². The van der Waals surface area contributed by atoms with Crippen molar-refractivity contribution in [3.05, 3.63) is 17.8 Å². The number of aliphatic carboxylic acids is 1. The van der Waals surface area contributed by atoms with E-state index in [2.05, 4.69) is 16.5 Å². The number of piperidine rings is 1. The number of aromatic nitrogens is 2. The van der Waals surface area contributed by atoms with E-state index in [4.69, 9.17) is 5.11 Å². The highest BCUT2D eigenvalue weighted by Crippen LogP contribution is 2.54. The van der Waals surface area contributed by atoms with Crippen LogP contribution in [0.5, 0.6) is 0 Å². The van der Waals surface area contributed by atoms with Gasteiger partial charge in [-0.1, -0.05) is 12.7 Å². The maximum atomic E-state index is 13.6. The Bertz CT molecular complexity index is 819. The number of aliphatic hydroxyl groups is 1. The van der Waals surface area contributed by atoms with E-state index in [1.807, 2.05) is 0 Å². The van der Waals surface area contributed by atoms with Crippen LogP contribution in [0, 0.1) is 17.8 Å². The zero-order valence-corrected chi connectivity index (χ0v) is 15.2. The third kappa shape index (κ3) is 2.99. The second-order valence-corrected chi connectivity index (χ2v) is 7.77. The Morgan fingerprint density at radius 2 is 1.93 bits per heavy atom. The SMILES string of the molecule is C=Cc1c(N2C[C@@H]3C(CC(=O)O)[C@@H]3C2)nc(N2C[C@@H](O)[C@@H]2C)nc1C(F)(F)F. The maximum absolute atomic E-state index is 13.6. The molecule has 1 aliphatic carbocycles. The molecule has 3 aliphatic rings. The maximum Gasteiger partial charge on any atom is 0.434 e. The molecular formula is C18H21F3N4O3. The Hall–Kier alpha value is -2.36. The fourth-order valence-corrected chi connectivity index (χ4v) is 4.40. The van der Waals surface area contributed by atoms with E-state index in [1.54, 1.807) is 16.7 Å². The molecule has 1 aromatic rings. The highest BCUT2D eigenvalue weighted by Gasteiger charge is 2.57. The lowest BCUT2D eigenvalue weighted by molar-refractivity contribution is -0.141. The van der Waals surface area contributed by atoms with Crippen LogP contribution >= 0.6 is 0 Å². The summed E-state index contributed by atoms with van der Waals surface area (Å²) in [6.07, 6.45) is -4.09. The number of anilines is 2. The lowest BCUT2D eigenvalue weighted by Crippen LogP contribution is -2.59. The molecule has 0 radical (unpaired) electrons. The van der Waals surface area contributed by atoms with Crippen LogP contribution in [0.3, 0.4) is 0 Å². The van der Waals surface area contributed by atoms with Gasteiger partial charge in [0.2, 0.25) is 5.95 Å². The summed E-state index contributed by atoms with van der Waals surface area (Å²) < 4.78 is 40.9. The van der Waals surface area contributed by atoms with Gasteiger partial charge in [-0.05, 0) is 24.7 Å². The van der Waals surface area contributed by atoms with Crippen LogP contribution in [-0.4, -0.2) is 57.9 Å². The second kappa shape index (κ2) is 6.33. The van der Waals surface area contributed by atoms with Crippen LogP contribution in [0.25, 0.3) is 6.08 Å². The third-order valence-corrected chi connectivity index (χ3v) is 6.16. The summed E-state index contributed by atoms with van der Waals surface area (Å²) in [6, 6.07) is -0.365. The van der Waals surface area contributed by atoms with Gasteiger partial charge in [-0.2, -0.15) is 18.2 Å². The van der Waals surface area contributed by atoms with E-state index < -0.39 is 23.9 Å². The van der Waals surface area contributed by atoms with Crippen LogP contribution in [0.15, 0.2) is 6.58 Å². The lowest BCUT2D eigenvalue weighted by Gasteiger charge is -2.43. The largest absolute Gasteiger partial charge is 0.481 e. The van der Waals surface area contributed by atoms with E-state index >= 15 is 0 Å². The third-order valence-electron chi connectivity index (χ3n) is 6.16. The van der Waals surface area contributed by atoms with Gasteiger partial charge in [0, 0.05) is 31.6 Å². The zero-order valence-electron chi connectivity index (χ0n) is 15.2. The first-order valence-corrected chi connectivity index (χ1v) is 9.15. The minimum Gasteiger partial charge on any atom is -0.481 e. The monoisotopic (exact) mass is 398 g/mol. The van der Waals surface area contributed by atoms with Crippen LogP contribution in [0.4, 0.5) is 24.9 Å². The molecule has 0 bridgehead atoms. The van der Waals surface area contributed by atoms with Gasteiger partial charge >= 0.3 is 12.1 Å². The summed E-state index contributed by atoms with van der Waals surface area (Å²) in [6.45, 7) is 6.33. The standard InChI is InChI=1S/C18H21F3N4O3/c1-3-9-15(18(19,20)21)22-17(25-7-13(26)8(25)2)23-16(9)24-5-11-10(4-14(27)28)12(11)6-24/h3,8,10-13,26H,1,4-7H2,2H3,(H,27,28)/t8-,10?,11-,12+,13+/m0/s1. The van der Waals surface area contributed by atoms with Crippen molar-refractivity contribution in [1.82, 2.24) is 9.97 Å². The molecule has 2 aliphatic heterocycles. The predicted octanol–water partition coefficient (Wildman–Crippen LogP) is 1.86. The van der Waals surface area contributed by atoms with Gasteiger partial charge in [0.1, 0.15) is 5.82 Å². The Morgan fingerprint density at radius 3 is 2.39 bits per heavy atom. The highest BCUT2D eigenvalue weighted by atomic mass is 19.4. The second-order valence-electron chi connectivity index (χ2n) is 7.77. The van der Waals surface area contributed by atoms with Crippen LogP contribution in [0.2, 0.25) is 0 Å². The van der Waals surface area contributed by atoms with Gasteiger partial charge in [0.05, 0.1) is 12.1 Å². The smallest absolute Gasteiger partial charge is 0.434 e. The molecule has 1 aromatic heterocycles. The molecule has 4 rings (SSSR count). The molecule has 3 fully saturated rings. The first-order valence-electron chi connectivity index (χ1n) is 9.15. The number of carboxylic acids is 1. The van der Waals surface area contributed by atoms with Crippen LogP contribution in [-0.2, 0) is 11.0 Å².